The van der Waals surface area contributed by atoms with Gasteiger partial charge in [0.25, 0.3) is 10.0 Å². The Morgan fingerprint density at radius 1 is 0.897 bits per heavy atom. The lowest BCUT2D eigenvalue weighted by Gasteiger charge is -2.33. The summed E-state index contributed by atoms with van der Waals surface area (Å²) in [5.41, 5.74) is 0.116. The van der Waals surface area contributed by atoms with Crippen LogP contribution in [0.4, 0.5) is 5.69 Å². The zero-order valence-electron chi connectivity index (χ0n) is 22.0. The summed E-state index contributed by atoms with van der Waals surface area (Å²) in [6.07, 6.45) is 0. The third kappa shape index (κ3) is 7.88. The Morgan fingerprint density at radius 2 is 1.51 bits per heavy atom. The number of halogens is 3. The van der Waals surface area contributed by atoms with E-state index in [-0.39, 0.29) is 22.2 Å². The van der Waals surface area contributed by atoms with E-state index in [1.54, 1.807) is 55.5 Å². The van der Waals surface area contributed by atoms with Gasteiger partial charge < -0.3 is 10.2 Å². The second-order valence-corrected chi connectivity index (χ2v) is 13.1. The summed E-state index contributed by atoms with van der Waals surface area (Å²) in [6.45, 7) is 6.38. The molecule has 7 nitrogen and oxygen atoms in total. The molecule has 39 heavy (non-hydrogen) atoms. The van der Waals surface area contributed by atoms with Gasteiger partial charge >= 0.3 is 0 Å². The highest BCUT2D eigenvalue weighted by Crippen LogP contribution is 2.31. The quantitative estimate of drug-likeness (QED) is 0.314. The van der Waals surface area contributed by atoms with Crippen LogP contribution in [0.2, 0.25) is 15.1 Å². The minimum atomic E-state index is -4.21. The Kier molecular flexibility index (Phi) is 9.93. The van der Waals surface area contributed by atoms with Crippen LogP contribution in [0.25, 0.3) is 0 Å². The first-order valence-electron chi connectivity index (χ1n) is 12.1. The standard InChI is InChI=1S/C28H30Cl3N3O4S/c1-19(27(36)32-28(2,3)4)33(17-20-14-15-21(29)16-24(20)31)26(35)18-34(25-13-9-8-12-23(25)30)39(37,38)22-10-6-5-7-11-22/h5-16,19H,17-18H2,1-4H3,(H,32,36)/t19-/m1/s1. The fourth-order valence-electron chi connectivity index (χ4n) is 3.78. The lowest BCUT2D eigenvalue weighted by Crippen LogP contribution is -2.54. The summed E-state index contributed by atoms with van der Waals surface area (Å²) in [7, 11) is -4.21. The van der Waals surface area contributed by atoms with Gasteiger partial charge in [-0.25, -0.2) is 8.42 Å². The first kappa shape index (κ1) is 30.8. The van der Waals surface area contributed by atoms with E-state index in [1.165, 1.54) is 29.2 Å². The SMILES string of the molecule is C[C@H](C(=O)NC(C)(C)C)N(Cc1ccc(Cl)cc1Cl)C(=O)CN(c1ccccc1Cl)S(=O)(=O)c1ccccc1. The van der Waals surface area contributed by atoms with Gasteiger partial charge in [-0.05, 0) is 69.7 Å². The highest BCUT2D eigenvalue weighted by molar-refractivity contribution is 7.92. The number of para-hydroxylation sites is 1. The fraction of sp³-hybridized carbons (Fsp3) is 0.286. The van der Waals surface area contributed by atoms with Gasteiger partial charge in [-0.1, -0.05) is 71.2 Å². The molecule has 0 heterocycles. The average Bonchev–Trinajstić information content (AvgIpc) is 2.86. The first-order valence-corrected chi connectivity index (χ1v) is 14.7. The van der Waals surface area contributed by atoms with E-state index < -0.39 is 40.0 Å². The van der Waals surface area contributed by atoms with E-state index in [0.29, 0.717) is 15.6 Å². The first-order chi connectivity index (χ1) is 18.2. The van der Waals surface area contributed by atoms with Crippen molar-refractivity contribution in [3.63, 3.8) is 0 Å². The summed E-state index contributed by atoms with van der Waals surface area (Å²) in [4.78, 5) is 28.4. The van der Waals surface area contributed by atoms with Crippen LogP contribution in [-0.2, 0) is 26.2 Å². The van der Waals surface area contributed by atoms with Crippen molar-refractivity contribution in [2.75, 3.05) is 10.8 Å². The van der Waals surface area contributed by atoms with Crippen LogP contribution in [0.5, 0.6) is 0 Å². The molecule has 0 spiro atoms. The number of rotatable bonds is 9. The summed E-state index contributed by atoms with van der Waals surface area (Å²) < 4.78 is 28.5. The molecule has 208 valence electrons. The molecular formula is C28H30Cl3N3O4S. The van der Waals surface area contributed by atoms with Crippen LogP contribution >= 0.6 is 34.8 Å². The molecule has 0 unspecified atom stereocenters. The third-order valence-corrected chi connectivity index (χ3v) is 8.43. The molecule has 2 amide bonds. The van der Waals surface area contributed by atoms with Gasteiger partial charge in [0.15, 0.2) is 0 Å². The number of nitrogens with zero attached hydrogens (tertiary/aromatic N) is 2. The van der Waals surface area contributed by atoms with Gasteiger partial charge in [-0.3, -0.25) is 13.9 Å². The van der Waals surface area contributed by atoms with Crippen LogP contribution in [0.1, 0.15) is 33.3 Å². The summed E-state index contributed by atoms with van der Waals surface area (Å²) in [6, 6.07) is 18.0. The zero-order valence-corrected chi connectivity index (χ0v) is 25.1. The molecule has 0 radical (unpaired) electrons. The van der Waals surface area contributed by atoms with Crippen LogP contribution in [-0.4, -0.2) is 43.3 Å². The number of nitrogens with one attached hydrogen (secondary N) is 1. The lowest BCUT2D eigenvalue weighted by atomic mass is 10.1. The average molecular weight is 611 g/mol. The molecule has 1 N–H and O–H groups in total. The fourth-order valence-corrected chi connectivity index (χ4v) is 5.99. The molecule has 0 fully saturated rings. The zero-order chi connectivity index (χ0) is 29.0. The molecule has 0 aliphatic heterocycles. The number of hydrogen-bond acceptors (Lipinski definition) is 4. The van der Waals surface area contributed by atoms with Crippen LogP contribution in [0.3, 0.4) is 0 Å². The number of benzene rings is 3. The van der Waals surface area contributed by atoms with Crippen molar-refractivity contribution in [3.05, 3.63) is 93.4 Å². The molecule has 0 aromatic heterocycles. The minimum Gasteiger partial charge on any atom is -0.350 e. The molecule has 0 saturated heterocycles. The van der Waals surface area contributed by atoms with Crippen molar-refractivity contribution in [1.82, 2.24) is 10.2 Å². The highest BCUT2D eigenvalue weighted by atomic mass is 35.5. The maximum Gasteiger partial charge on any atom is 0.264 e. The second kappa shape index (κ2) is 12.6. The predicted molar refractivity (Wildman–Crippen MR) is 157 cm³/mol. The van der Waals surface area contributed by atoms with Gasteiger partial charge in [0.2, 0.25) is 11.8 Å². The van der Waals surface area contributed by atoms with E-state index >= 15 is 0 Å². The molecule has 3 aromatic rings. The molecule has 11 heteroatoms. The van der Waals surface area contributed by atoms with E-state index in [0.717, 1.165) is 4.31 Å². The van der Waals surface area contributed by atoms with E-state index in [2.05, 4.69) is 5.32 Å². The molecule has 0 aliphatic carbocycles. The van der Waals surface area contributed by atoms with Crippen LogP contribution in [0.15, 0.2) is 77.7 Å². The van der Waals surface area contributed by atoms with Crippen molar-refractivity contribution in [2.45, 2.75) is 50.7 Å². The van der Waals surface area contributed by atoms with Gasteiger partial charge in [0.05, 0.1) is 15.6 Å². The van der Waals surface area contributed by atoms with Crippen molar-refractivity contribution in [2.24, 2.45) is 0 Å². The van der Waals surface area contributed by atoms with Gasteiger partial charge in [0, 0.05) is 22.1 Å². The molecular weight excluding hydrogens is 581 g/mol. The Balaban J connectivity index is 2.06. The molecule has 0 aliphatic rings. The Morgan fingerprint density at radius 3 is 2.10 bits per heavy atom. The summed E-state index contributed by atoms with van der Waals surface area (Å²) in [5, 5.41) is 3.75. The van der Waals surface area contributed by atoms with Crippen molar-refractivity contribution >= 4 is 62.3 Å². The van der Waals surface area contributed by atoms with E-state index in [9.17, 15) is 18.0 Å². The lowest BCUT2D eigenvalue weighted by molar-refractivity contribution is -0.140. The number of hydrogen-bond donors (Lipinski definition) is 1. The Labute approximate surface area is 244 Å². The molecule has 3 rings (SSSR count). The van der Waals surface area contributed by atoms with Crippen molar-refractivity contribution in [3.8, 4) is 0 Å². The van der Waals surface area contributed by atoms with Crippen molar-refractivity contribution < 1.29 is 18.0 Å². The number of carbonyl (C=O) groups is 2. The third-order valence-electron chi connectivity index (χ3n) is 5.75. The number of amides is 2. The monoisotopic (exact) mass is 609 g/mol. The minimum absolute atomic E-state index is 0.0106. The Bertz CT molecular complexity index is 1440. The molecule has 0 saturated carbocycles. The largest absolute Gasteiger partial charge is 0.350 e. The Hall–Kier alpha value is -2.78. The normalized spacial score (nSPS) is 12.5. The maximum atomic E-state index is 13.9. The van der Waals surface area contributed by atoms with Gasteiger partial charge in [-0.15, -0.1) is 0 Å². The molecule has 0 bridgehead atoms. The summed E-state index contributed by atoms with van der Waals surface area (Å²) in [5.74, 6) is -1.03. The molecule has 1 atom stereocenters. The topological polar surface area (TPSA) is 86.8 Å². The number of sulfonamides is 1. The summed E-state index contributed by atoms with van der Waals surface area (Å²) >= 11 is 18.8. The maximum absolute atomic E-state index is 13.9. The predicted octanol–water partition coefficient (Wildman–Crippen LogP) is 6.17. The van der Waals surface area contributed by atoms with Gasteiger partial charge in [0.1, 0.15) is 12.6 Å². The number of carbonyl (C=O) groups excluding carboxylic acids is 2. The van der Waals surface area contributed by atoms with Crippen molar-refractivity contribution in [1.29, 1.82) is 0 Å². The molecule has 3 aromatic carbocycles. The highest BCUT2D eigenvalue weighted by Gasteiger charge is 2.34. The second-order valence-electron chi connectivity index (χ2n) is 9.95. The van der Waals surface area contributed by atoms with Crippen LogP contribution in [0, 0.1) is 0 Å². The smallest absolute Gasteiger partial charge is 0.264 e. The van der Waals surface area contributed by atoms with E-state index in [4.69, 9.17) is 34.8 Å². The van der Waals surface area contributed by atoms with Crippen LogP contribution < -0.4 is 9.62 Å². The number of anilines is 1. The van der Waals surface area contributed by atoms with E-state index in [1.807, 2.05) is 20.8 Å². The van der Waals surface area contributed by atoms with Gasteiger partial charge in [-0.2, -0.15) is 0 Å².